The van der Waals surface area contributed by atoms with Crippen molar-refractivity contribution in [2.45, 2.75) is 52.7 Å². The van der Waals surface area contributed by atoms with Crippen LogP contribution in [0, 0.1) is 5.92 Å². The van der Waals surface area contributed by atoms with Gasteiger partial charge in [0.25, 0.3) is 0 Å². The van der Waals surface area contributed by atoms with Gasteiger partial charge in [-0.1, -0.05) is 27.7 Å². The molecule has 0 aromatic carbocycles. The van der Waals surface area contributed by atoms with Gasteiger partial charge in [0.2, 0.25) is 0 Å². The Morgan fingerprint density at radius 2 is 1.70 bits per heavy atom. The van der Waals surface area contributed by atoms with Crippen LogP contribution in [0.25, 0.3) is 0 Å². The summed E-state index contributed by atoms with van der Waals surface area (Å²) in [6, 6.07) is 0. The van der Waals surface area contributed by atoms with Crippen molar-refractivity contribution in [1.82, 2.24) is 15.3 Å². The Balaban J connectivity index is 2.81. The molecule has 20 heavy (non-hydrogen) atoms. The van der Waals surface area contributed by atoms with Gasteiger partial charge in [0.1, 0.15) is 5.82 Å². The van der Waals surface area contributed by atoms with Gasteiger partial charge < -0.3 is 5.32 Å². The largest absolute Gasteiger partial charge is 0.316 e. The number of thioether (sulfide) groups is 1. The van der Waals surface area contributed by atoms with E-state index in [4.69, 9.17) is 9.97 Å². The lowest BCUT2D eigenvalue weighted by atomic mass is 10.0. The highest BCUT2D eigenvalue weighted by molar-refractivity contribution is 7.97. The maximum absolute atomic E-state index is 4.74. The fourth-order valence-electron chi connectivity index (χ4n) is 2.31. The lowest BCUT2D eigenvalue weighted by Crippen LogP contribution is -2.23. The lowest BCUT2D eigenvalue weighted by molar-refractivity contribution is 0.552. The van der Waals surface area contributed by atoms with E-state index in [9.17, 15) is 0 Å². The quantitative estimate of drug-likeness (QED) is 0.710. The van der Waals surface area contributed by atoms with Crippen molar-refractivity contribution in [3.8, 4) is 0 Å². The first-order valence-corrected chi connectivity index (χ1v) is 9.08. The number of nitrogens with zero attached hydrogens (tertiary/aromatic N) is 2. The minimum absolute atomic E-state index is 0.700. The molecule has 1 heterocycles. The van der Waals surface area contributed by atoms with E-state index < -0.39 is 0 Å². The summed E-state index contributed by atoms with van der Waals surface area (Å²) in [7, 11) is 0. The fraction of sp³-hybridized carbons (Fsp3) is 0.750. The molecule has 0 spiro atoms. The number of aryl methyl sites for hydroxylation is 2. The van der Waals surface area contributed by atoms with Gasteiger partial charge >= 0.3 is 0 Å². The first-order chi connectivity index (χ1) is 9.62. The van der Waals surface area contributed by atoms with Crippen LogP contribution in [0.1, 0.15) is 50.5 Å². The van der Waals surface area contributed by atoms with Crippen LogP contribution in [0.5, 0.6) is 0 Å². The van der Waals surface area contributed by atoms with E-state index in [0.717, 1.165) is 43.9 Å². The molecule has 0 bridgehead atoms. The predicted molar refractivity (Wildman–Crippen MR) is 89.4 cm³/mol. The van der Waals surface area contributed by atoms with Gasteiger partial charge in [-0.25, -0.2) is 9.97 Å². The third-order valence-electron chi connectivity index (χ3n) is 3.27. The fourth-order valence-corrected chi connectivity index (χ4v) is 2.70. The molecule has 4 heteroatoms. The highest BCUT2D eigenvalue weighted by Gasteiger charge is 2.11. The second-order valence-corrected chi connectivity index (χ2v) is 6.37. The summed E-state index contributed by atoms with van der Waals surface area (Å²) in [5.74, 6) is 2.60. The molecule has 3 nitrogen and oxygen atoms in total. The van der Waals surface area contributed by atoms with Gasteiger partial charge in [-0.05, 0) is 50.1 Å². The molecule has 1 aromatic rings. The van der Waals surface area contributed by atoms with Crippen molar-refractivity contribution < 1.29 is 0 Å². The maximum Gasteiger partial charge on any atom is 0.138 e. The molecule has 0 atom stereocenters. The van der Waals surface area contributed by atoms with E-state index in [0.29, 0.717) is 5.92 Å². The van der Waals surface area contributed by atoms with Crippen molar-refractivity contribution in [3.05, 3.63) is 22.8 Å². The minimum Gasteiger partial charge on any atom is -0.316 e. The third-order valence-corrected chi connectivity index (χ3v) is 3.82. The molecule has 114 valence electrons. The Hall–Kier alpha value is -0.610. The van der Waals surface area contributed by atoms with Gasteiger partial charge in [0, 0.05) is 11.4 Å². The van der Waals surface area contributed by atoms with Gasteiger partial charge in [0.05, 0.1) is 5.75 Å². The second-order valence-electron chi connectivity index (χ2n) is 5.50. The number of rotatable bonds is 9. The van der Waals surface area contributed by atoms with Crippen molar-refractivity contribution in [2.24, 2.45) is 5.92 Å². The molecule has 0 saturated heterocycles. The molecular formula is C16H29N3S. The molecule has 0 unspecified atom stereocenters. The average molecular weight is 295 g/mol. The summed E-state index contributed by atoms with van der Waals surface area (Å²) in [5.41, 5.74) is 3.86. The SMILES string of the molecule is CCc1nc(CSC)nc(CC)c1CCNCC(C)C. The molecule has 0 aliphatic rings. The third kappa shape index (κ3) is 5.41. The first-order valence-electron chi connectivity index (χ1n) is 7.69. The molecule has 0 aliphatic heterocycles. The predicted octanol–water partition coefficient (Wildman–Crippen LogP) is 3.25. The topological polar surface area (TPSA) is 37.8 Å². The van der Waals surface area contributed by atoms with E-state index >= 15 is 0 Å². The lowest BCUT2D eigenvalue weighted by Gasteiger charge is -2.14. The van der Waals surface area contributed by atoms with Crippen molar-refractivity contribution in [3.63, 3.8) is 0 Å². The van der Waals surface area contributed by atoms with Gasteiger partial charge in [0.15, 0.2) is 0 Å². The van der Waals surface area contributed by atoms with Crippen LogP contribution in [0.3, 0.4) is 0 Å². The molecule has 1 aromatic heterocycles. The Kier molecular flexibility index (Phi) is 8.15. The maximum atomic E-state index is 4.74. The van der Waals surface area contributed by atoms with Crippen LogP contribution < -0.4 is 5.32 Å². The van der Waals surface area contributed by atoms with E-state index in [1.165, 1.54) is 17.0 Å². The van der Waals surface area contributed by atoms with Crippen molar-refractivity contribution in [1.29, 1.82) is 0 Å². The summed E-state index contributed by atoms with van der Waals surface area (Å²) in [6.07, 6.45) is 5.13. The summed E-state index contributed by atoms with van der Waals surface area (Å²) >= 11 is 1.79. The molecule has 0 radical (unpaired) electrons. The Morgan fingerprint density at radius 3 is 2.15 bits per heavy atom. The monoisotopic (exact) mass is 295 g/mol. The van der Waals surface area contributed by atoms with Crippen LogP contribution in [0.2, 0.25) is 0 Å². The van der Waals surface area contributed by atoms with Gasteiger partial charge in [-0.15, -0.1) is 0 Å². The molecule has 0 fully saturated rings. The van der Waals surface area contributed by atoms with E-state index in [-0.39, 0.29) is 0 Å². The van der Waals surface area contributed by atoms with Crippen molar-refractivity contribution >= 4 is 11.8 Å². The van der Waals surface area contributed by atoms with E-state index in [1.807, 2.05) is 0 Å². The number of aromatic nitrogens is 2. The van der Waals surface area contributed by atoms with E-state index in [1.54, 1.807) is 11.8 Å². The molecular weight excluding hydrogens is 266 g/mol. The summed E-state index contributed by atoms with van der Waals surface area (Å²) in [6.45, 7) is 11.0. The molecule has 0 amide bonds. The zero-order chi connectivity index (χ0) is 15.0. The van der Waals surface area contributed by atoms with Crippen LogP contribution in [-0.4, -0.2) is 29.3 Å². The van der Waals surface area contributed by atoms with Crippen LogP contribution in [-0.2, 0) is 25.0 Å². The van der Waals surface area contributed by atoms with Gasteiger partial charge in [-0.3, -0.25) is 0 Å². The number of hydrogen-bond acceptors (Lipinski definition) is 4. The highest BCUT2D eigenvalue weighted by Crippen LogP contribution is 2.16. The zero-order valence-corrected chi connectivity index (χ0v) is 14.4. The standard InChI is InChI=1S/C16H29N3S/c1-6-14-13(8-9-17-10-12(3)4)15(7-2)19-16(18-14)11-20-5/h12,17H,6-11H2,1-5H3. The first kappa shape index (κ1) is 17.4. The minimum atomic E-state index is 0.700. The molecule has 0 saturated carbocycles. The normalized spacial score (nSPS) is 11.3. The van der Waals surface area contributed by atoms with Crippen molar-refractivity contribution in [2.75, 3.05) is 19.3 Å². The average Bonchev–Trinajstić information content (AvgIpc) is 2.43. The smallest absolute Gasteiger partial charge is 0.138 e. The van der Waals surface area contributed by atoms with Crippen LogP contribution in [0.15, 0.2) is 0 Å². The van der Waals surface area contributed by atoms with Gasteiger partial charge in [-0.2, -0.15) is 11.8 Å². The van der Waals surface area contributed by atoms with E-state index in [2.05, 4.69) is 39.3 Å². The second kappa shape index (κ2) is 9.35. The molecule has 1 rings (SSSR count). The summed E-state index contributed by atoms with van der Waals surface area (Å²) in [4.78, 5) is 9.49. The number of hydrogen-bond donors (Lipinski definition) is 1. The highest BCUT2D eigenvalue weighted by atomic mass is 32.2. The van der Waals surface area contributed by atoms with Crippen LogP contribution >= 0.6 is 11.8 Å². The summed E-state index contributed by atoms with van der Waals surface area (Å²) in [5, 5.41) is 3.52. The molecule has 1 N–H and O–H groups in total. The summed E-state index contributed by atoms with van der Waals surface area (Å²) < 4.78 is 0. The zero-order valence-electron chi connectivity index (χ0n) is 13.6. The Bertz CT molecular complexity index is 380. The Morgan fingerprint density at radius 1 is 1.10 bits per heavy atom. The Labute approximate surface area is 128 Å². The molecule has 0 aliphatic carbocycles. The number of nitrogens with one attached hydrogen (secondary N) is 1. The van der Waals surface area contributed by atoms with Crippen LogP contribution in [0.4, 0.5) is 0 Å².